The predicted molar refractivity (Wildman–Crippen MR) is 87.5 cm³/mol. The van der Waals surface area contributed by atoms with Crippen molar-refractivity contribution in [2.75, 3.05) is 20.1 Å². The molecule has 0 aliphatic heterocycles. The molecule has 0 radical (unpaired) electrons. The van der Waals surface area contributed by atoms with E-state index in [9.17, 15) is 4.79 Å². The minimum Gasteiger partial charge on any atom is -0.356 e. The second-order valence-electron chi connectivity index (χ2n) is 5.00. The highest BCUT2D eigenvalue weighted by Gasteiger charge is 2.08. The van der Waals surface area contributed by atoms with Crippen LogP contribution in [0, 0.1) is 6.92 Å². The Morgan fingerprint density at radius 1 is 1.33 bits per heavy atom. The molecule has 0 saturated carbocycles. The smallest absolute Gasteiger partial charge is 0.226 e. The first-order valence-electron chi connectivity index (χ1n) is 7.12. The van der Waals surface area contributed by atoms with Crippen molar-refractivity contribution < 1.29 is 4.79 Å². The van der Waals surface area contributed by atoms with Crippen molar-refractivity contribution in [2.45, 2.75) is 19.8 Å². The molecule has 0 fully saturated rings. The molecular weight excluding hydrogens is 282 g/mol. The first-order valence-corrected chi connectivity index (χ1v) is 8.00. The average molecular weight is 303 g/mol. The van der Waals surface area contributed by atoms with Gasteiger partial charge in [0.2, 0.25) is 5.91 Å². The van der Waals surface area contributed by atoms with Gasteiger partial charge in [0.1, 0.15) is 5.01 Å². The highest BCUT2D eigenvalue weighted by molar-refractivity contribution is 7.13. The highest BCUT2D eigenvalue weighted by Crippen LogP contribution is 2.24. The minimum absolute atomic E-state index is 0.0344. The van der Waals surface area contributed by atoms with Gasteiger partial charge in [0.25, 0.3) is 0 Å². The summed E-state index contributed by atoms with van der Waals surface area (Å²) in [7, 11) is 1.91. The zero-order chi connectivity index (χ0) is 15.1. The van der Waals surface area contributed by atoms with Crippen LogP contribution in [0.25, 0.3) is 10.6 Å². The molecule has 1 aromatic heterocycles. The summed E-state index contributed by atoms with van der Waals surface area (Å²) in [6.07, 6.45) is 1.29. The molecule has 0 aliphatic carbocycles. The number of rotatable bonds is 7. The molecule has 21 heavy (non-hydrogen) atoms. The molecule has 5 heteroatoms. The fraction of sp³-hybridized carbons (Fsp3) is 0.375. The number of aromatic nitrogens is 1. The number of hydrogen-bond donors (Lipinski definition) is 2. The molecule has 0 saturated heterocycles. The molecule has 1 amide bonds. The lowest BCUT2D eigenvalue weighted by atomic mass is 10.1. The predicted octanol–water partition coefficient (Wildman–Crippen LogP) is 2.39. The number of nitrogens with one attached hydrogen (secondary N) is 2. The van der Waals surface area contributed by atoms with E-state index in [1.807, 2.05) is 24.6 Å². The molecule has 112 valence electrons. The molecule has 1 heterocycles. The summed E-state index contributed by atoms with van der Waals surface area (Å²) in [5.41, 5.74) is 3.16. The number of thiazole rings is 1. The van der Waals surface area contributed by atoms with Gasteiger partial charge in [0.05, 0.1) is 12.1 Å². The molecule has 0 spiro atoms. The van der Waals surface area contributed by atoms with E-state index in [0.29, 0.717) is 13.0 Å². The summed E-state index contributed by atoms with van der Waals surface area (Å²) in [6.45, 7) is 3.68. The van der Waals surface area contributed by atoms with E-state index in [0.717, 1.165) is 29.2 Å². The molecule has 0 atom stereocenters. The average Bonchev–Trinajstić information content (AvgIpc) is 2.92. The number of nitrogens with zero attached hydrogens (tertiary/aromatic N) is 1. The Hall–Kier alpha value is -1.72. The second kappa shape index (κ2) is 7.90. The van der Waals surface area contributed by atoms with Gasteiger partial charge in [-0.15, -0.1) is 11.3 Å². The Labute approximate surface area is 129 Å². The van der Waals surface area contributed by atoms with Crippen LogP contribution in [0.4, 0.5) is 0 Å². The SMILES string of the molecule is CNCCCNC(=O)Cc1csc(-c2cccc(C)c2)n1. The molecular formula is C16H21N3OS. The Morgan fingerprint density at radius 3 is 2.95 bits per heavy atom. The maximum absolute atomic E-state index is 11.8. The number of carbonyl (C=O) groups is 1. The minimum atomic E-state index is 0.0344. The van der Waals surface area contributed by atoms with Crippen molar-refractivity contribution in [2.24, 2.45) is 0 Å². The van der Waals surface area contributed by atoms with Crippen LogP contribution in [0.5, 0.6) is 0 Å². The third-order valence-electron chi connectivity index (χ3n) is 3.08. The van der Waals surface area contributed by atoms with Crippen LogP contribution in [0.1, 0.15) is 17.7 Å². The van der Waals surface area contributed by atoms with Gasteiger partial charge in [0.15, 0.2) is 0 Å². The number of hydrogen-bond acceptors (Lipinski definition) is 4. The van der Waals surface area contributed by atoms with Crippen LogP contribution in [-0.2, 0) is 11.2 Å². The van der Waals surface area contributed by atoms with Crippen LogP contribution >= 0.6 is 11.3 Å². The zero-order valence-corrected chi connectivity index (χ0v) is 13.3. The summed E-state index contributed by atoms with van der Waals surface area (Å²) in [5, 5.41) is 8.90. The topological polar surface area (TPSA) is 54.0 Å². The number of carbonyl (C=O) groups excluding carboxylic acids is 1. The van der Waals surface area contributed by atoms with Crippen LogP contribution in [-0.4, -0.2) is 31.0 Å². The molecule has 2 N–H and O–H groups in total. The monoisotopic (exact) mass is 303 g/mol. The van der Waals surface area contributed by atoms with Crippen LogP contribution in [0.3, 0.4) is 0 Å². The van der Waals surface area contributed by atoms with E-state index >= 15 is 0 Å². The van der Waals surface area contributed by atoms with E-state index in [-0.39, 0.29) is 5.91 Å². The Bertz CT molecular complexity index is 595. The molecule has 0 unspecified atom stereocenters. The summed E-state index contributed by atoms with van der Waals surface area (Å²) >= 11 is 1.58. The third-order valence-corrected chi connectivity index (χ3v) is 4.02. The fourth-order valence-corrected chi connectivity index (χ4v) is 2.84. The highest BCUT2D eigenvalue weighted by atomic mass is 32.1. The summed E-state index contributed by atoms with van der Waals surface area (Å²) in [6, 6.07) is 8.25. The Morgan fingerprint density at radius 2 is 2.19 bits per heavy atom. The lowest BCUT2D eigenvalue weighted by Gasteiger charge is -2.03. The van der Waals surface area contributed by atoms with Gasteiger partial charge in [-0.2, -0.15) is 0 Å². The number of aryl methyl sites for hydroxylation is 1. The Balaban J connectivity index is 1.90. The van der Waals surface area contributed by atoms with Gasteiger partial charge in [-0.25, -0.2) is 4.98 Å². The second-order valence-corrected chi connectivity index (χ2v) is 5.86. The standard InChI is InChI=1S/C16H21N3OS/c1-12-5-3-6-13(9-12)16-19-14(11-21-16)10-15(20)18-8-4-7-17-2/h3,5-6,9,11,17H,4,7-8,10H2,1-2H3,(H,18,20). The summed E-state index contributed by atoms with van der Waals surface area (Å²) < 4.78 is 0. The van der Waals surface area contributed by atoms with E-state index in [1.165, 1.54) is 5.56 Å². The maximum atomic E-state index is 11.8. The first kappa shape index (κ1) is 15.7. The lowest BCUT2D eigenvalue weighted by Crippen LogP contribution is -2.28. The van der Waals surface area contributed by atoms with Crippen LogP contribution in [0.15, 0.2) is 29.6 Å². The Kier molecular flexibility index (Phi) is 5.90. The fourth-order valence-electron chi connectivity index (χ4n) is 2.02. The largest absolute Gasteiger partial charge is 0.356 e. The van der Waals surface area contributed by atoms with Gasteiger partial charge in [0, 0.05) is 17.5 Å². The first-order chi connectivity index (χ1) is 10.2. The van der Waals surface area contributed by atoms with E-state index in [2.05, 4.69) is 34.7 Å². The number of amides is 1. The maximum Gasteiger partial charge on any atom is 0.226 e. The lowest BCUT2D eigenvalue weighted by molar-refractivity contribution is -0.120. The third kappa shape index (κ3) is 4.95. The zero-order valence-electron chi connectivity index (χ0n) is 12.5. The molecule has 4 nitrogen and oxygen atoms in total. The van der Waals surface area contributed by atoms with Crippen LogP contribution in [0.2, 0.25) is 0 Å². The van der Waals surface area contributed by atoms with Gasteiger partial charge < -0.3 is 10.6 Å². The van der Waals surface area contributed by atoms with Crippen molar-refractivity contribution in [1.82, 2.24) is 15.6 Å². The van der Waals surface area contributed by atoms with Crippen molar-refractivity contribution in [3.63, 3.8) is 0 Å². The van der Waals surface area contributed by atoms with Crippen molar-refractivity contribution in [3.05, 3.63) is 40.9 Å². The molecule has 1 aromatic carbocycles. The number of benzene rings is 1. The normalized spacial score (nSPS) is 10.6. The van der Waals surface area contributed by atoms with E-state index < -0.39 is 0 Å². The molecule has 0 aliphatic rings. The van der Waals surface area contributed by atoms with Gasteiger partial charge in [-0.3, -0.25) is 4.79 Å². The van der Waals surface area contributed by atoms with Crippen LogP contribution < -0.4 is 10.6 Å². The van der Waals surface area contributed by atoms with Crippen molar-refractivity contribution in [3.8, 4) is 10.6 Å². The van der Waals surface area contributed by atoms with Gasteiger partial charge >= 0.3 is 0 Å². The molecule has 2 rings (SSSR count). The molecule has 0 bridgehead atoms. The molecule has 2 aromatic rings. The quantitative estimate of drug-likeness (QED) is 0.772. The van der Waals surface area contributed by atoms with Crippen molar-refractivity contribution >= 4 is 17.2 Å². The summed E-state index contributed by atoms with van der Waals surface area (Å²) in [5.74, 6) is 0.0344. The summed E-state index contributed by atoms with van der Waals surface area (Å²) in [4.78, 5) is 16.4. The van der Waals surface area contributed by atoms with E-state index in [4.69, 9.17) is 0 Å². The van der Waals surface area contributed by atoms with Crippen molar-refractivity contribution in [1.29, 1.82) is 0 Å². The van der Waals surface area contributed by atoms with Gasteiger partial charge in [-0.1, -0.05) is 23.8 Å². The van der Waals surface area contributed by atoms with E-state index in [1.54, 1.807) is 11.3 Å². The van der Waals surface area contributed by atoms with Gasteiger partial charge in [-0.05, 0) is 33.0 Å².